The summed E-state index contributed by atoms with van der Waals surface area (Å²) in [6.07, 6.45) is 0. The first-order chi connectivity index (χ1) is 13.8. The number of anilines is 2. The fourth-order valence-electron chi connectivity index (χ4n) is 2.41. The van der Waals surface area contributed by atoms with E-state index in [1.165, 1.54) is 42.5 Å². The Balaban J connectivity index is 1.66. The van der Waals surface area contributed by atoms with Crippen molar-refractivity contribution in [2.24, 2.45) is 0 Å². The van der Waals surface area contributed by atoms with E-state index in [0.29, 0.717) is 10.7 Å². The molecule has 0 unspecified atom stereocenters. The highest BCUT2D eigenvalue weighted by Gasteiger charge is 2.15. The lowest BCUT2D eigenvalue weighted by atomic mass is 10.3. The Hall–Kier alpha value is -3.10. The molecule has 3 aromatic carbocycles. The van der Waals surface area contributed by atoms with Crippen LogP contribution < -0.4 is 14.8 Å². The minimum Gasteiger partial charge on any atom is -0.484 e. The van der Waals surface area contributed by atoms with Gasteiger partial charge in [0, 0.05) is 16.8 Å². The molecular formula is C20H16ClFN2O4S. The van der Waals surface area contributed by atoms with Gasteiger partial charge in [0.25, 0.3) is 15.9 Å². The predicted molar refractivity (Wildman–Crippen MR) is 109 cm³/mol. The summed E-state index contributed by atoms with van der Waals surface area (Å²) in [6, 6.07) is 17.4. The monoisotopic (exact) mass is 434 g/mol. The third kappa shape index (κ3) is 5.94. The second-order valence-electron chi connectivity index (χ2n) is 5.94. The van der Waals surface area contributed by atoms with Crippen molar-refractivity contribution in [2.45, 2.75) is 4.90 Å². The maximum Gasteiger partial charge on any atom is 0.262 e. The third-order valence-corrected chi connectivity index (χ3v) is 5.29. The summed E-state index contributed by atoms with van der Waals surface area (Å²) in [7, 11) is -3.88. The van der Waals surface area contributed by atoms with E-state index < -0.39 is 21.7 Å². The molecule has 29 heavy (non-hydrogen) atoms. The number of ether oxygens (including phenoxy) is 1. The number of hydrogen-bond acceptors (Lipinski definition) is 4. The molecule has 0 saturated carbocycles. The van der Waals surface area contributed by atoms with Gasteiger partial charge in [-0.3, -0.25) is 9.52 Å². The SMILES string of the molecule is O=C(COc1cccc(F)c1)Nc1cccc(S(=O)(=O)Nc2cccc(Cl)c2)c1. The molecule has 0 aromatic heterocycles. The fourth-order valence-corrected chi connectivity index (χ4v) is 3.70. The van der Waals surface area contributed by atoms with Gasteiger partial charge in [-0.05, 0) is 48.5 Å². The van der Waals surface area contributed by atoms with E-state index in [1.54, 1.807) is 24.3 Å². The van der Waals surface area contributed by atoms with E-state index >= 15 is 0 Å². The van der Waals surface area contributed by atoms with Crippen molar-refractivity contribution in [3.05, 3.63) is 83.6 Å². The number of hydrogen-bond donors (Lipinski definition) is 2. The lowest BCUT2D eigenvalue weighted by molar-refractivity contribution is -0.118. The van der Waals surface area contributed by atoms with E-state index in [9.17, 15) is 17.6 Å². The first-order valence-electron chi connectivity index (χ1n) is 8.38. The van der Waals surface area contributed by atoms with Crippen molar-refractivity contribution in [1.29, 1.82) is 0 Å². The Labute approximate surface area is 172 Å². The lowest BCUT2D eigenvalue weighted by Crippen LogP contribution is -2.20. The highest BCUT2D eigenvalue weighted by atomic mass is 35.5. The van der Waals surface area contributed by atoms with Gasteiger partial charge in [0.05, 0.1) is 10.6 Å². The standard InChI is InChI=1S/C20H16ClFN2O4S/c21-14-4-1-7-17(10-14)24-29(26,27)19-9-3-6-16(12-19)23-20(25)13-28-18-8-2-5-15(22)11-18/h1-12,24H,13H2,(H,23,25). The van der Waals surface area contributed by atoms with Crippen molar-refractivity contribution in [2.75, 3.05) is 16.6 Å². The van der Waals surface area contributed by atoms with Crippen LogP contribution in [0.3, 0.4) is 0 Å². The second-order valence-corrected chi connectivity index (χ2v) is 8.06. The van der Waals surface area contributed by atoms with Crippen LogP contribution in [0.5, 0.6) is 5.75 Å². The van der Waals surface area contributed by atoms with Crippen molar-refractivity contribution in [1.82, 2.24) is 0 Å². The lowest BCUT2D eigenvalue weighted by Gasteiger charge is -2.11. The highest BCUT2D eigenvalue weighted by molar-refractivity contribution is 7.92. The molecule has 0 spiro atoms. The van der Waals surface area contributed by atoms with E-state index in [1.807, 2.05) is 0 Å². The molecule has 3 aromatic rings. The molecule has 2 N–H and O–H groups in total. The quantitative estimate of drug-likeness (QED) is 0.580. The first-order valence-corrected chi connectivity index (χ1v) is 10.2. The van der Waals surface area contributed by atoms with Crippen LogP contribution in [-0.2, 0) is 14.8 Å². The zero-order chi connectivity index (χ0) is 20.9. The summed E-state index contributed by atoms with van der Waals surface area (Å²) in [4.78, 5) is 12.0. The van der Waals surface area contributed by atoms with Crippen molar-refractivity contribution >= 4 is 38.9 Å². The Morgan fingerprint density at radius 2 is 1.69 bits per heavy atom. The number of rotatable bonds is 7. The summed E-state index contributed by atoms with van der Waals surface area (Å²) < 4.78 is 45.9. The van der Waals surface area contributed by atoms with Crippen LogP contribution in [0.2, 0.25) is 5.02 Å². The normalized spacial score (nSPS) is 11.0. The number of carbonyl (C=O) groups is 1. The van der Waals surface area contributed by atoms with E-state index in [4.69, 9.17) is 16.3 Å². The maximum absolute atomic E-state index is 13.1. The number of benzene rings is 3. The third-order valence-electron chi connectivity index (χ3n) is 3.67. The predicted octanol–water partition coefficient (Wildman–Crippen LogP) is 4.30. The molecule has 150 valence electrons. The minimum atomic E-state index is -3.88. The topological polar surface area (TPSA) is 84.5 Å². The molecule has 0 atom stereocenters. The fraction of sp³-hybridized carbons (Fsp3) is 0.0500. The van der Waals surface area contributed by atoms with Crippen LogP contribution in [0.4, 0.5) is 15.8 Å². The molecule has 0 aliphatic rings. The summed E-state index contributed by atoms with van der Waals surface area (Å²) in [5, 5.41) is 2.93. The molecule has 9 heteroatoms. The Morgan fingerprint density at radius 1 is 0.966 bits per heavy atom. The van der Waals surface area contributed by atoms with Gasteiger partial charge in [-0.15, -0.1) is 0 Å². The van der Waals surface area contributed by atoms with Crippen LogP contribution >= 0.6 is 11.6 Å². The van der Waals surface area contributed by atoms with Gasteiger partial charge in [-0.25, -0.2) is 12.8 Å². The zero-order valence-corrected chi connectivity index (χ0v) is 16.5. The van der Waals surface area contributed by atoms with Crippen molar-refractivity contribution in [3.63, 3.8) is 0 Å². The number of nitrogens with one attached hydrogen (secondary N) is 2. The average Bonchev–Trinajstić information content (AvgIpc) is 2.66. The zero-order valence-electron chi connectivity index (χ0n) is 14.9. The molecule has 0 aliphatic heterocycles. The Bertz CT molecular complexity index is 1140. The number of halogens is 2. The number of sulfonamides is 1. The Morgan fingerprint density at radius 3 is 2.45 bits per heavy atom. The van der Waals surface area contributed by atoms with Crippen molar-refractivity contribution < 1.29 is 22.3 Å². The average molecular weight is 435 g/mol. The largest absolute Gasteiger partial charge is 0.484 e. The minimum absolute atomic E-state index is 0.0404. The second kappa shape index (κ2) is 8.93. The molecule has 0 saturated heterocycles. The molecule has 6 nitrogen and oxygen atoms in total. The summed E-state index contributed by atoms with van der Waals surface area (Å²) >= 11 is 5.87. The Kier molecular flexibility index (Phi) is 6.36. The molecule has 1 amide bonds. The molecule has 3 rings (SSSR count). The summed E-state index contributed by atoms with van der Waals surface area (Å²) in [6.45, 7) is -0.360. The molecule has 0 bridgehead atoms. The molecule has 0 aliphatic carbocycles. The van der Waals surface area contributed by atoms with Gasteiger partial charge in [0.15, 0.2) is 6.61 Å². The molecule has 0 fully saturated rings. The molecule has 0 heterocycles. The van der Waals surface area contributed by atoms with E-state index in [-0.39, 0.29) is 22.9 Å². The van der Waals surface area contributed by atoms with Gasteiger partial charge in [-0.2, -0.15) is 0 Å². The van der Waals surface area contributed by atoms with Gasteiger partial charge < -0.3 is 10.1 Å². The van der Waals surface area contributed by atoms with Crippen LogP contribution in [0.25, 0.3) is 0 Å². The first kappa shape index (κ1) is 20.6. The van der Waals surface area contributed by atoms with Gasteiger partial charge in [0.1, 0.15) is 11.6 Å². The van der Waals surface area contributed by atoms with Crippen LogP contribution in [0, 0.1) is 5.82 Å². The highest BCUT2D eigenvalue weighted by Crippen LogP contribution is 2.21. The van der Waals surface area contributed by atoms with Gasteiger partial charge in [-0.1, -0.05) is 29.8 Å². The summed E-state index contributed by atoms with van der Waals surface area (Å²) in [5.74, 6) is -0.790. The van der Waals surface area contributed by atoms with E-state index in [2.05, 4.69) is 10.0 Å². The smallest absolute Gasteiger partial charge is 0.262 e. The van der Waals surface area contributed by atoms with Crippen LogP contribution in [0.15, 0.2) is 77.7 Å². The van der Waals surface area contributed by atoms with Gasteiger partial charge >= 0.3 is 0 Å². The van der Waals surface area contributed by atoms with Gasteiger partial charge in [0.2, 0.25) is 0 Å². The van der Waals surface area contributed by atoms with Crippen LogP contribution in [-0.4, -0.2) is 20.9 Å². The molecule has 0 radical (unpaired) electrons. The summed E-state index contributed by atoms with van der Waals surface area (Å²) in [5.41, 5.74) is 0.585. The maximum atomic E-state index is 13.1. The van der Waals surface area contributed by atoms with E-state index in [0.717, 1.165) is 6.07 Å². The van der Waals surface area contributed by atoms with Crippen molar-refractivity contribution in [3.8, 4) is 5.75 Å². The molecular weight excluding hydrogens is 419 g/mol. The number of carbonyl (C=O) groups excluding carboxylic acids is 1. The number of amides is 1. The van der Waals surface area contributed by atoms with Crippen LogP contribution in [0.1, 0.15) is 0 Å².